The average Bonchev–Trinajstić information content (AvgIpc) is 3.01. The van der Waals surface area contributed by atoms with Gasteiger partial charge in [0.05, 0.1) is 17.9 Å². The van der Waals surface area contributed by atoms with Crippen molar-refractivity contribution in [2.24, 2.45) is 0 Å². The van der Waals surface area contributed by atoms with Crippen LogP contribution in [0.5, 0.6) is 0 Å². The predicted molar refractivity (Wildman–Crippen MR) is 77.2 cm³/mol. The summed E-state index contributed by atoms with van der Waals surface area (Å²) in [6.07, 6.45) is 2.95. The minimum absolute atomic E-state index is 0.435. The summed E-state index contributed by atoms with van der Waals surface area (Å²) in [5, 5.41) is 12.3. The van der Waals surface area contributed by atoms with E-state index in [1.165, 1.54) is 5.69 Å². The molecule has 5 heteroatoms. The zero-order valence-electron chi connectivity index (χ0n) is 12.2. The van der Waals surface area contributed by atoms with Crippen LogP contribution >= 0.6 is 0 Å². The molecule has 0 saturated carbocycles. The van der Waals surface area contributed by atoms with E-state index in [-0.39, 0.29) is 0 Å². The molecule has 1 N–H and O–H groups in total. The highest BCUT2D eigenvalue weighted by molar-refractivity contribution is 5.37. The van der Waals surface area contributed by atoms with Crippen LogP contribution in [0.15, 0.2) is 18.3 Å². The Labute approximate surface area is 114 Å². The summed E-state index contributed by atoms with van der Waals surface area (Å²) in [6, 6.07) is 4.58. The van der Waals surface area contributed by atoms with Crippen LogP contribution in [0.1, 0.15) is 44.6 Å². The molecule has 0 spiro atoms. The Kier molecular flexibility index (Phi) is 4.24. The van der Waals surface area contributed by atoms with Crippen LogP contribution in [0, 0.1) is 6.92 Å². The lowest BCUT2D eigenvalue weighted by Gasteiger charge is -2.14. The Balaban J connectivity index is 2.08. The largest absolute Gasteiger partial charge is 0.365 e. The van der Waals surface area contributed by atoms with Crippen molar-refractivity contribution in [2.45, 2.75) is 53.2 Å². The molecule has 0 fully saturated rings. The number of hydrogen-bond acceptors (Lipinski definition) is 3. The van der Waals surface area contributed by atoms with E-state index in [1.807, 2.05) is 17.8 Å². The van der Waals surface area contributed by atoms with Crippen molar-refractivity contribution in [2.75, 3.05) is 5.32 Å². The van der Waals surface area contributed by atoms with Gasteiger partial charge in [0.1, 0.15) is 5.82 Å². The number of nitrogens with one attached hydrogen (secondary N) is 1. The maximum atomic E-state index is 4.43. The lowest BCUT2D eigenvalue weighted by molar-refractivity contribution is 0.462. The molecule has 0 aliphatic carbocycles. The third-order valence-corrected chi connectivity index (χ3v) is 3.41. The SMILES string of the molecule is CC[C@@H](C)n1nccc1CNc1cc(C)nn1CC. The summed E-state index contributed by atoms with van der Waals surface area (Å²) in [5.41, 5.74) is 2.25. The number of rotatable bonds is 6. The highest BCUT2D eigenvalue weighted by Crippen LogP contribution is 2.15. The Bertz CT molecular complexity index is 526. The molecule has 104 valence electrons. The summed E-state index contributed by atoms with van der Waals surface area (Å²) in [5.74, 6) is 1.07. The highest BCUT2D eigenvalue weighted by atomic mass is 15.3. The van der Waals surface area contributed by atoms with Gasteiger partial charge in [-0.15, -0.1) is 0 Å². The molecule has 0 aliphatic rings. The molecule has 1 atom stereocenters. The lowest BCUT2D eigenvalue weighted by atomic mass is 10.2. The first kappa shape index (κ1) is 13.6. The quantitative estimate of drug-likeness (QED) is 0.869. The lowest BCUT2D eigenvalue weighted by Crippen LogP contribution is -2.14. The number of aromatic nitrogens is 4. The molecule has 5 nitrogen and oxygen atoms in total. The molecule has 2 heterocycles. The van der Waals surface area contributed by atoms with Crippen molar-refractivity contribution < 1.29 is 0 Å². The molecule has 2 aromatic rings. The van der Waals surface area contributed by atoms with E-state index in [4.69, 9.17) is 0 Å². The van der Waals surface area contributed by atoms with Crippen molar-refractivity contribution in [3.05, 3.63) is 29.7 Å². The minimum Gasteiger partial charge on any atom is -0.365 e. The van der Waals surface area contributed by atoms with Gasteiger partial charge in [0, 0.05) is 24.8 Å². The second kappa shape index (κ2) is 5.91. The maximum absolute atomic E-state index is 4.43. The normalized spacial score (nSPS) is 12.6. The zero-order valence-corrected chi connectivity index (χ0v) is 12.2. The fraction of sp³-hybridized carbons (Fsp3) is 0.571. The fourth-order valence-corrected chi connectivity index (χ4v) is 2.16. The van der Waals surface area contributed by atoms with Crippen molar-refractivity contribution in [3.63, 3.8) is 0 Å². The second-order valence-electron chi connectivity index (χ2n) is 4.86. The van der Waals surface area contributed by atoms with E-state index in [0.717, 1.165) is 31.0 Å². The molecule has 19 heavy (non-hydrogen) atoms. The summed E-state index contributed by atoms with van der Waals surface area (Å²) in [6.45, 7) is 10.1. The van der Waals surface area contributed by atoms with Gasteiger partial charge in [0.25, 0.3) is 0 Å². The van der Waals surface area contributed by atoms with Gasteiger partial charge in [-0.1, -0.05) is 6.92 Å². The van der Waals surface area contributed by atoms with E-state index in [1.54, 1.807) is 0 Å². The number of nitrogens with zero attached hydrogens (tertiary/aromatic N) is 4. The first-order valence-corrected chi connectivity index (χ1v) is 6.96. The van der Waals surface area contributed by atoms with Gasteiger partial charge >= 0.3 is 0 Å². The Morgan fingerprint density at radius 1 is 1.37 bits per heavy atom. The maximum Gasteiger partial charge on any atom is 0.124 e. The standard InChI is InChI=1S/C14H23N5/c1-5-12(4)19-13(7-8-16-19)10-15-14-9-11(3)17-18(14)6-2/h7-9,12,15H,5-6,10H2,1-4H3/t12-/m1/s1. The number of anilines is 1. The molecule has 0 aliphatic heterocycles. The predicted octanol–water partition coefficient (Wildman–Crippen LogP) is 2.99. The van der Waals surface area contributed by atoms with Gasteiger partial charge < -0.3 is 5.32 Å². The zero-order chi connectivity index (χ0) is 13.8. The van der Waals surface area contributed by atoms with Crippen LogP contribution in [0.3, 0.4) is 0 Å². The molecule has 0 unspecified atom stereocenters. The van der Waals surface area contributed by atoms with Crippen molar-refractivity contribution in [1.29, 1.82) is 0 Å². The molecule has 2 aromatic heterocycles. The summed E-state index contributed by atoms with van der Waals surface area (Å²) >= 11 is 0. The van der Waals surface area contributed by atoms with Gasteiger partial charge in [-0.25, -0.2) is 4.68 Å². The Hall–Kier alpha value is -1.78. The van der Waals surface area contributed by atoms with Gasteiger partial charge in [0.15, 0.2) is 0 Å². The van der Waals surface area contributed by atoms with Gasteiger partial charge in [-0.05, 0) is 33.3 Å². The van der Waals surface area contributed by atoms with Crippen LogP contribution in [-0.4, -0.2) is 19.6 Å². The smallest absolute Gasteiger partial charge is 0.124 e. The van der Waals surface area contributed by atoms with Gasteiger partial charge in [-0.3, -0.25) is 4.68 Å². The molecule has 0 bridgehead atoms. The molecule has 2 rings (SSSR count). The van der Waals surface area contributed by atoms with Crippen LogP contribution in [0.25, 0.3) is 0 Å². The summed E-state index contributed by atoms with van der Waals surface area (Å²) in [4.78, 5) is 0. The average molecular weight is 261 g/mol. The molecular weight excluding hydrogens is 238 g/mol. The van der Waals surface area contributed by atoms with Crippen LogP contribution < -0.4 is 5.32 Å². The van der Waals surface area contributed by atoms with Crippen molar-refractivity contribution >= 4 is 5.82 Å². The van der Waals surface area contributed by atoms with Gasteiger partial charge in [-0.2, -0.15) is 10.2 Å². The van der Waals surface area contributed by atoms with Crippen molar-refractivity contribution in [1.82, 2.24) is 19.6 Å². The van der Waals surface area contributed by atoms with Crippen molar-refractivity contribution in [3.8, 4) is 0 Å². The van der Waals surface area contributed by atoms with Crippen LogP contribution in [-0.2, 0) is 13.1 Å². The van der Waals surface area contributed by atoms with E-state index < -0.39 is 0 Å². The Morgan fingerprint density at radius 2 is 2.16 bits per heavy atom. The first-order chi connectivity index (χ1) is 9.15. The second-order valence-corrected chi connectivity index (χ2v) is 4.86. The first-order valence-electron chi connectivity index (χ1n) is 6.96. The molecule has 0 aromatic carbocycles. The van der Waals surface area contributed by atoms with Gasteiger partial charge in [0.2, 0.25) is 0 Å². The monoisotopic (exact) mass is 261 g/mol. The highest BCUT2D eigenvalue weighted by Gasteiger charge is 2.09. The van der Waals surface area contributed by atoms with Crippen LogP contribution in [0.2, 0.25) is 0 Å². The van der Waals surface area contributed by atoms with E-state index >= 15 is 0 Å². The molecule has 0 radical (unpaired) electrons. The summed E-state index contributed by atoms with van der Waals surface area (Å²) < 4.78 is 4.08. The van der Waals surface area contributed by atoms with E-state index in [0.29, 0.717) is 6.04 Å². The third-order valence-electron chi connectivity index (χ3n) is 3.41. The van der Waals surface area contributed by atoms with Crippen LogP contribution in [0.4, 0.5) is 5.82 Å². The fourth-order valence-electron chi connectivity index (χ4n) is 2.16. The molecular formula is C14H23N5. The number of hydrogen-bond donors (Lipinski definition) is 1. The minimum atomic E-state index is 0.435. The summed E-state index contributed by atoms with van der Waals surface area (Å²) in [7, 11) is 0. The third kappa shape index (κ3) is 2.97. The molecule has 0 amide bonds. The van der Waals surface area contributed by atoms with E-state index in [9.17, 15) is 0 Å². The number of aryl methyl sites for hydroxylation is 2. The topological polar surface area (TPSA) is 47.7 Å². The molecule has 0 saturated heterocycles. The Morgan fingerprint density at radius 3 is 2.84 bits per heavy atom. The van der Waals surface area contributed by atoms with E-state index in [2.05, 4.69) is 53.1 Å².